The monoisotopic (exact) mass is 424 g/mol. The highest BCUT2D eigenvalue weighted by Crippen LogP contribution is 2.34. The molecular formula is C27H20O3S. The average Bonchev–Trinajstić information content (AvgIpc) is 3.39. The number of Topliss-reactive ketones (excluding diaryl/α,β-unsaturated/α-hetero) is 2. The minimum absolute atomic E-state index is 0.174. The molecule has 0 N–H and O–H groups in total. The molecule has 4 heteroatoms. The maximum absolute atomic E-state index is 12.9. The molecule has 31 heavy (non-hydrogen) atoms. The average molecular weight is 425 g/mol. The van der Waals surface area contributed by atoms with Gasteiger partial charge in [0.1, 0.15) is 11.3 Å². The highest BCUT2D eigenvalue weighted by molar-refractivity contribution is 7.19. The van der Waals surface area contributed by atoms with Crippen molar-refractivity contribution in [2.24, 2.45) is 0 Å². The standard InChI is InChI=1S/C27H20O3S/c1-3-18-12-22-21(11-16(18)2)26(28)23(27(22)29)13-19-14-25-24(30-19)15-20(31-25)10-9-17-7-5-4-6-8-17/h4-15H,3H2,1-2H3/b10-9+,23-13-. The van der Waals surface area contributed by atoms with E-state index in [1.807, 2.05) is 56.3 Å². The van der Waals surface area contributed by atoms with Gasteiger partial charge in [0.2, 0.25) is 0 Å². The summed E-state index contributed by atoms with van der Waals surface area (Å²) in [4.78, 5) is 26.8. The number of furan rings is 1. The van der Waals surface area contributed by atoms with Gasteiger partial charge in [-0.05, 0) is 60.4 Å². The van der Waals surface area contributed by atoms with Crippen LogP contribution in [-0.4, -0.2) is 11.6 Å². The summed E-state index contributed by atoms with van der Waals surface area (Å²) in [5.74, 6) is 0.0784. The molecule has 0 saturated carbocycles. The lowest BCUT2D eigenvalue weighted by atomic mass is 9.99. The van der Waals surface area contributed by atoms with Crippen molar-refractivity contribution in [2.45, 2.75) is 20.3 Å². The van der Waals surface area contributed by atoms with Gasteiger partial charge in [-0.15, -0.1) is 11.3 Å². The van der Waals surface area contributed by atoms with Crippen LogP contribution in [0.25, 0.3) is 28.5 Å². The second kappa shape index (κ2) is 7.64. The smallest absolute Gasteiger partial charge is 0.197 e. The molecule has 2 heterocycles. The molecule has 152 valence electrons. The number of carbonyl (C=O) groups is 2. The van der Waals surface area contributed by atoms with Crippen molar-refractivity contribution in [1.82, 2.24) is 0 Å². The van der Waals surface area contributed by atoms with Crippen LogP contribution in [0.3, 0.4) is 0 Å². The van der Waals surface area contributed by atoms with Crippen molar-refractivity contribution >= 4 is 51.4 Å². The summed E-state index contributed by atoms with van der Waals surface area (Å²) in [5.41, 5.74) is 5.19. The van der Waals surface area contributed by atoms with Crippen LogP contribution in [0, 0.1) is 6.92 Å². The molecule has 0 spiro atoms. The lowest BCUT2D eigenvalue weighted by Crippen LogP contribution is -1.99. The first-order valence-corrected chi connectivity index (χ1v) is 11.1. The van der Waals surface area contributed by atoms with E-state index in [1.165, 1.54) is 0 Å². The summed E-state index contributed by atoms with van der Waals surface area (Å²) in [5, 5.41) is 0. The van der Waals surface area contributed by atoms with E-state index in [0.717, 1.165) is 38.3 Å². The Balaban J connectivity index is 1.44. The van der Waals surface area contributed by atoms with Gasteiger partial charge in [0.05, 0.1) is 10.3 Å². The van der Waals surface area contributed by atoms with Crippen molar-refractivity contribution in [1.29, 1.82) is 0 Å². The van der Waals surface area contributed by atoms with Crippen molar-refractivity contribution in [3.8, 4) is 0 Å². The van der Waals surface area contributed by atoms with Crippen molar-refractivity contribution in [3.05, 3.63) is 98.6 Å². The Morgan fingerprint density at radius 3 is 2.39 bits per heavy atom. The fourth-order valence-electron chi connectivity index (χ4n) is 3.94. The summed E-state index contributed by atoms with van der Waals surface area (Å²) in [7, 11) is 0. The zero-order valence-electron chi connectivity index (χ0n) is 17.3. The number of hydrogen-bond acceptors (Lipinski definition) is 4. The van der Waals surface area contributed by atoms with Crippen LogP contribution in [0.1, 0.15) is 55.0 Å². The largest absolute Gasteiger partial charge is 0.456 e. The molecule has 0 saturated heterocycles. The molecule has 0 atom stereocenters. The molecule has 1 aliphatic carbocycles. The van der Waals surface area contributed by atoms with Crippen LogP contribution in [0.2, 0.25) is 0 Å². The Morgan fingerprint density at radius 1 is 0.935 bits per heavy atom. The normalized spacial score (nSPS) is 15.0. The van der Waals surface area contributed by atoms with Gasteiger partial charge in [-0.3, -0.25) is 9.59 Å². The molecule has 3 nitrogen and oxygen atoms in total. The molecule has 0 aliphatic heterocycles. The van der Waals surface area contributed by atoms with E-state index in [2.05, 4.69) is 24.3 Å². The molecule has 0 amide bonds. The first-order chi connectivity index (χ1) is 15.0. The van der Waals surface area contributed by atoms with Gasteiger partial charge >= 0.3 is 0 Å². The van der Waals surface area contributed by atoms with E-state index in [1.54, 1.807) is 17.4 Å². The highest BCUT2D eigenvalue weighted by Gasteiger charge is 2.34. The number of allylic oxidation sites excluding steroid dienone is 1. The van der Waals surface area contributed by atoms with E-state index in [0.29, 0.717) is 16.9 Å². The van der Waals surface area contributed by atoms with E-state index in [9.17, 15) is 9.59 Å². The Kier molecular flexibility index (Phi) is 4.79. The van der Waals surface area contributed by atoms with Gasteiger partial charge < -0.3 is 4.42 Å². The van der Waals surface area contributed by atoms with Crippen LogP contribution in [0.5, 0.6) is 0 Å². The summed E-state index contributed by atoms with van der Waals surface area (Å²) in [6.45, 7) is 4.02. The van der Waals surface area contributed by atoms with Gasteiger partial charge in [-0.2, -0.15) is 0 Å². The predicted molar refractivity (Wildman–Crippen MR) is 127 cm³/mol. The zero-order chi connectivity index (χ0) is 21.5. The number of fused-ring (bicyclic) bond motifs is 2. The Hall–Kier alpha value is -3.50. The lowest BCUT2D eigenvalue weighted by Gasteiger charge is -2.04. The Bertz CT molecular complexity index is 1370. The number of carbonyl (C=O) groups excluding carboxylic acids is 2. The maximum Gasteiger partial charge on any atom is 0.197 e. The molecule has 0 radical (unpaired) electrons. The van der Waals surface area contributed by atoms with Crippen molar-refractivity contribution < 1.29 is 14.0 Å². The quantitative estimate of drug-likeness (QED) is 0.262. The van der Waals surface area contributed by atoms with Crippen LogP contribution >= 0.6 is 11.3 Å². The maximum atomic E-state index is 12.9. The number of thiophene rings is 1. The molecule has 0 fully saturated rings. The number of hydrogen-bond donors (Lipinski definition) is 0. The third-order valence-corrected chi connectivity index (χ3v) is 6.64. The van der Waals surface area contributed by atoms with E-state index >= 15 is 0 Å². The van der Waals surface area contributed by atoms with Crippen LogP contribution in [-0.2, 0) is 6.42 Å². The van der Waals surface area contributed by atoms with Crippen LogP contribution in [0.4, 0.5) is 0 Å². The Labute approximate surface area is 184 Å². The third-order valence-electron chi connectivity index (χ3n) is 5.61. The van der Waals surface area contributed by atoms with Crippen molar-refractivity contribution in [3.63, 3.8) is 0 Å². The summed E-state index contributed by atoms with van der Waals surface area (Å²) >= 11 is 1.61. The molecular weight excluding hydrogens is 404 g/mol. The van der Waals surface area contributed by atoms with E-state index in [4.69, 9.17) is 4.42 Å². The van der Waals surface area contributed by atoms with Gasteiger partial charge in [-0.1, -0.05) is 43.3 Å². The second-order valence-corrected chi connectivity index (χ2v) is 8.78. The van der Waals surface area contributed by atoms with Gasteiger partial charge in [0.15, 0.2) is 11.6 Å². The third kappa shape index (κ3) is 3.49. The molecule has 1 aliphatic rings. The fraction of sp³-hybridized carbons (Fsp3) is 0.111. The van der Waals surface area contributed by atoms with Crippen LogP contribution in [0.15, 0.2) is 64.6 Å². The fourth-order valence-corrected chi connectivity index (χ4v) is 4.88. The van der Waals surface area contributed by atoms with Gasteiger partial charge in [0, 0.05) is 22.1 Å². The minimum Gasteiger partial charge on any atom is -0.456 e. The summed E-state index contributed by atoms with van der Waals surface area (Å²) in [6.07, 6.45) is 6.53. The SMILES string of the molecule is CCc1cc2c(cc1C)C(=O)/C(=C/c1cc3sc(/C=C/c4ccccc4)cc3o1)C2=O. The summed E-state index contributed by atoms with van der Waals surface area (Å²) in [6, 6.07) is 17.7. The summed E-state index contributed by atoms with van der Waals surface area (Å²) < 4.78 is 6.91. The number of benzene rings is 2. The molecule has 2 aromatic heterocycles. The van der Waals surface area contributed by atoms with Gasteiger partial charge in [-0.25, -0.2) is 0 Å². The zero-order valence-corrected chi connectivity index (χ0v) is 18.1. The van der Waals surface area contributed by atoms with E-state index < -0.39 is 0 Å². The first-order valence-electron chi connectivity index (χ1n) is 10.2. The number of aryl methyl sites for hydroxylation is 2. The molecule has 2 aromatic carbocycles. The minimum atomic E-state index is -0.225. The van der Waals surface area contributed by atoms with E-state index in [-0.39, 0.29) is 17.1 Å². The van der Waals surface area contributed by atoms with Crippen molar-refractivity contribution in [2.75, 3.05) is 0 Å². The Morgan fingerprint density at radius 2 is 1.68 bits per heavy atom. The topological polar surface area (TPSA) is 47.3 Å². The number of rotatable bonds is 4. The van der Waals surface area contributed by atoms with Crippen LogP contribution < -0.4 is 0 Å². The highest BCUT2D eigenvalue weighted by atomic mass is 32.1. The predicted octanol–water partition coefficient (Wildman–Crippen LogP) is 7.00. The molecule has 4 aromatic rings. The molecule has 0 unspecified atom stereocenters. The molecule has 5 rings (SSSR count). The number of ketones is 2. The first kappa shape index (κ1) is 19.5. The second-order valence-electron chi connectivity index (χ2n) is 7.66. The van der Waals surface area contributed by atoms with Gasteiger partial charge in [0.25, 0.3) is 0 Å². The lowest BCUT2D eigenvalue weighted by molar-refractivity contribution is 0.0990. The molecule has 0 bridgehead atoms.